The van der Waals surface area contributed by atoms with Gasteiger partial charge in [0.15, 0.2) is 0 Å². The molecule has 0 aliphatic carbocycles. The average molecular weight is 360 g/mol. The van der Waals surface area contributed by atoms with Crippen LogP contribution in [0.25, 0.3) is 0 Å². The summed E-state index contributed by atoms with van der Waals surface area (Å²) < 4.78 is 30.4. The molecule has 0 spiro atoms. The second-order valence-corrected chi connectivity index (χ2v) is 8.84. The number of likely N-dealkylation sites (tertiary alicyclic amines) is 1. The van der Waals surface area contributed by atoms with Crippen molar-refractivity contribution in [2.45, 2.75) is 30.8 Å². The van der Waals surface area contributed by atoms with E-state index in [4.69, 9.17) is 4.55 Å². The number of aliphatic hydroxyl groups is 1. The lowest BCUT2D eigenvalue weighted by molar-refractivity contribution is -0.873. The van der Waals surface area contributed by atoms with Crippen LogP contribution in [0.4, 0.5) is 0 Å². The first-order valence-corrected chi connectivity index (χ1v) is 9.66. The zero-order valence-electron chi connectivity index (χ0n) is 15.1. The molecule has 1 aliphatic heterocycles. The zero-order chi connectivity index (χ0) is 18.4. The van der Waals surface area contributed by atoms with E-state index >= 15 is 0 Å². The summed E-state index contributed by atoms with van der Waals surface area (Å²) in [6.45, 7) is 5.89. The van der Waals surface area contributed by atoms with Crippen LogP contribution in [0.2, 0.25) is 0 Å². The Labute approximate surface area is 146 Å². The van der Waals surface area contributed by atoms with E-state index < -0.39 is 10.1 Å². The molecular formula is C17H31N2O4S+. The molecule has 7 heteroatoms. The molecule has 2 rings (SSSR count). The maximum absolute atomic E-state index is 10.5. The second kappa shape index (κ2) is 8.92. The van der Waals surface area contributed by atoms with Gasteiger partial charge in [-0.05, 0) is 45.0 Å². The van der Waals surface area contributed by atoms with Crippen molar-refractivity contribution < 1.29 is 22.6 Å². The fourth-order valence-corrected chi connectivity index (χ4v) is 3.14. The molecule has 138 valence electrons. The SMILES string of the molecule is C[N+](C)(C)CC(O)CN1CCCC1.Cc1ccc(S(=O)(=O)O)cc1. The maximum Gasteiger partial charge on any atom is 0.294 e. The average Bonchev–Trinajstić information content (AvgIpc) is 2.89. The standard InChI is InChI=1S/C10H23N2O.C7H8O3S/c1-12(2,3)9-10(13)8-11-6-4-5-7-11;1-6-2-4-7(5-3-6)11(8,9)10/h10,13H,4-9H2,1-3H3;2-5H,1H3,(H,8,9,10)/q+1;. The van der Waals surface area contributed by atoms with Crippen molar-refractivity contribution in [3.63, 3.8) is 0 Å². The van der Waals surface area contributed by atoms with E-state index in [2.05, 4.69) is 26.0 Å². The van der Waals surface area contributed by atoms with Gasteiger partial charge in [0, 0.05) is 6.54 Å². The van der Waals surface area contributed by atoms with Gasteiger partial charge >= 0.3 is 0 Å². The van der Waals surface area contributed by atoms with E-state index in [-0.39, 0.29) is 11.0 Å². The number of hydrogen-bond donors (Lipinski definition) is 2. The predicted octanol–water partition coefficient (Wildman–Crippen LogP) is 1.39. The lowest BCUT2D eigenvalue weighted by atomic mass is 10.2. The van der Waals surface area contributed by atoms with Crippen molar-refractivity contribution >= 4 is 10.1 Å². The number of β-amino-alcohol motifs (C(OH)–C–C–N with tert-alkyl or cyclic N) is 1. The summed E-state index contributed by atoms with van der Waals surface area (Å²) in [5, 5.41) is 9.79. The zero-order valence-corrected chi connectivity index (χ0v) is 16.0. The topological polar surface area (TPSA) is 77.8 Å². The molecule has 0 amide bonds. The molecule has 1 saturated heterocycles. The van der Waals surface area contributed by atoms with Gasteiger partial charge in [0.05, 0.1) is 26.0 Å². The molecule has 0 bridgehead atoms. The number of aliphatic hydroxyl groups excluding tert-OH is 1. The van der Waals surface area contributed by atoms with Crippen LogP contribution in [0.15, 0.2) is 29.2 Å². The number of rotatable bonds is 5. The van der Waals surface area contributed by atoms with Crippen LogP contribution in [0.5, 0.6) is 0 Å². The molecule has 0 aromatic heterocycles. The summed E-state index contributed by atoms with van der Waals surface area (Å²) in [5.74, 6) is 0. The Balaban J connectivity index is 0.000000243. The van der Waals surface area contributed by atoms with Gasteiger partial charge < -0.3 is 14.5 Å². The molecule has 0 saturated carbocycles. The number of nitrogens with zero attached hydrogens (tertiary/aromatic N) is 2. The van der Waals surface area contributed by atoms with Gasteiger partial charge in [-0.25, -0.2) is 0 Å². The van der Waals surface area contributed by atoms with Gasteiger partial charge in [0.2, 0.25) is 0 Å². The third-order valence-electron chi connectivity index (χ3n) is 3.74. The highest BCUT2D eigenvalue weighted by Crippen LogP contribution is 2.09. The highest BCUT2D eigenvalue weighted by Gasteiger charge is 2.20. The van der Waals surface area contributed by atoms with Crippen LogP contribution in [-0.4, -0.2) is 80.9 Å². The Morgan fingerprint density at radius 1 is 1.12 bits per heavy atom. The van der Waals surface area contributed by atoms with E-state index in [0.717, 1.165) is 23.1 Å². The van der Waals surface area contributed by atoms with Gasteiger partial charge in [-0.1, -0.05) is 17.7 Å². The molecule has 1 aliphatic rings. The van der Waals surface area contributed by atoms with Crippen LogP contribution in [0.3, 0.4) is 0 Å². The van der Waals surface area contributed by atoms with Gasteiger partial charge in [0.25, 0.3) is 10.1 Å². The van der Waals surface area contributed by atoms with Crippen molar-refractivity contribution in [3.8, 4) is 0 Å². The molecule has 6 nitrogen and oxygen atoms in total. The van der Waals surface area contributed by atoms with Crippen LogP contribution in [0.1, 0.15) is 18.4 Å². The molecule has 1 aromatic rings. The molecule has 1 unspecified atom stereocenters. The Hall–Kier alpha value is -0.990. The van der Waals surface area contributed by atoms with Gasteiger partial charge in [-0.3, -0.25) is 4.55 Å². The first-order chi connectivity index (χ1) is 11.0. The molecular weight excluding hydrogens is 328 g/mol. The minimum absolute atomic E-state index is 0.0666. The number of quaternary nitrogens is 1. The summed E-state index contributed by atoms with van der Waals surface area (Å²) in [6.07, 6.45) is 2.44. The summed E-state index contributed by atoms with van der Waals surface area (Å²) in [5.41, 5.74) is 0.956. The highest BCUT2D eigenvalue weighted by atomic mass is 32.2. The summed E-state index contributed by atoms with van der Waals surface area (Å²) in [7, 11) is 2.34. The van der Waals surface area contributed by atoms with E-state index in [1.54, 1.807) is 12.1 Å². The summed E-state index contributed by atoms with van der Waals surface area (Å²) in [4.78, 5) is 2.29. The van der Waals surface area contributed by atoms with Crippen LogP contribution >= 0.6 is 0 Å². The predicted molar refractivity (Wildman–Crippen MR) is 95.6 cm³/mol. The fourth-order valence-electron chi connectivity index (χ4n) is 2.66. The summed E-state index contributed by atoms with van der Waals surface area (Å²) >= 11 is 0. The van der Waals surface area contributed by atoms with Gasteiger partial charge in [-0.2, -0.15) is 8.42 Å². The number of benzene rings is 1. The van der Waals surface area contributed by atoms with E-state index in [0.29, 0.717) is 0 Å². The molecule has 1 heterocycles. The Bertz CT molecular complexity index is 588. The maximum atomic E-state index is 10.5. The van der Waals surface area contributed by atoms with E-state index in [9.17, 15) is 13.5 Å². The van der Waals surface area contributed by atoms with Crippen molar-refractivity contribution in [1.29, 1.82) is 0 Å². The Kier molecular flexibility index (Phi) is 7.82. The quantitative estimate of drug-likeness (QED) is 0.614. The number of hydrogen-bond acceptors (Lipinski definition) is 4. The van der Waals surface area contributed by atoms with Gasteiger partial charge in [-0.15, -0.1) is 0 Å². The lowest BCUT2D eigenvalue weighted by Crippen LogP contribution is -2.45. The van der Waals surface area contributed by atoms with Gasteiger partial charge in [0.1, 0.15) is 12.6 Å². The minimum atomic E-state index is -4.02. The normalized spacial score (nSPS) is 17.2. The van der Waals surface area contributed by atoms with E-state index in [1.807, 2.05) is 6.92 Å². The number of aryl methyl sites for hydroxylation is 1. The first-order valence-electron chi connectivity index (χ1n) is 8.22. The molecule has 2 N–H and O–H groups in total. The Morgan fingerprint density at radius 2 is 1.62 bits per heavy atom. The highest BCUT2D eigenvalue weighted by molar-refractivity contribution is 7.85. The Morgan fingerprint density at radius 3 is 2.04 bits per heavy atom. The van der Waals surface area contributed by atoms with Crippen molar-refractivity contribution in [2.75, 3.05) is 47.3 Å². The third-order valence-corrected chi connectivity index (χ3v) is 4.61. The van der Waals surface area contributed by atoms with E-state index in [1.165, 1.54) is 38.1 Å². The van der Waals surface area contributed by atoms with Crippen LogP contribution in [0, 0.1) is 6.92 Å². The molecule has 24 heavy (non-hydrogen) atoms. The smallest absolute Gasteiger partial charge is 0.294 e. The lowest BCUT2D eigenvalue weighted by Gasteiger charge is -2.28. The first kappa shape index (κ1) is 21.1. The fraction of sp³-hybridized carbons (Fsp3) is 0.647. The molecule has 1 aromatic carbocycles. The minimum Gasteiger partial charge on any atom is -0.386 e. The van der Waals surface area contributed by atoms with Crippen molar-refractivity contribution in [1.82, 2.24) is 4.90 Å². The molecule has 1 atom stereocenters. The monoisotopic (exact) mass is 359 g/mol. The molecule has 0 radical (unpaired) electrons. The second-order valence-electron chi connectivity index (χ2n) is 7.42. The van der Waals surface area contributed by atoms with Crippen molar-refractivity contribution in [2.24, 2.45) is 0 Å². The van der Waals surface area contributed by atoms with Crippen LogP contribution in [-0.2, 0) is 10.1 Å². The van der Waals surface area contributed by atoms with Crippen LogP contribution < -0.4 is 0 Å². The third kappa shape index (κ3) is 8.75. The summed E-state index contributed by atoms with van der Waals surface area (Å²) in [6, 6.07) is 5.99. The number of likely N-dealkylation sites (N-methyl/N-ethyl adjacent to an activating group) is 1. The van der Waals surface area contributed by atoms with Crippen molar-refractivity contribution in [3.05, 3.63) is 29.8 Å². The molecule has 1 fully saturated rings. The largest absolute Gasteiger partial charge is 0.386 e.